The van der Waals surface area contributed by atoms with E-state index >= 15 is 0 Å². The van der Waals surface area contributed by atoms with Crippen LogP contribution in [0, 0.1) is 12.8 Å². The van der Waals surface area contributed by atoms with Gasteiger partial charge in [0.15, 0.2) is 0 Å². The summed E-state index contributed by atoms with van der Waals surface area (Å²) in [6.07, 6.45) is 2.25. The van der Waals surface area contributed by atoms with Gasteiger partial charge in [0.25, 0.3) is 5.91 Å². The summed E-state index contributed by atoms with van der Waals surface area (Å²) < 4.78 is 0. The van der Waals surface area contributed by atoms with Gasteiger partial charge in [-0.25, -0.2) is 0 Å². The minimum atomic E-state index is 0.0525. The van der Waals surface area contributed by atoms with Gasteiger partial charge in [-0.3, -0.25) is 9.89 Å². The van der Waals surface area contributed by atoms with Crippen LogP contribution in [0.2, 0.25) is 0 Å². The van der Waals surface area contributed by atoms with Crippen molar-refractivity contribution in [3.05, 3.63) is 41.6 Å². The van der Waals surface area contributed by atoms with Gasteiger partial charge in [-0.1, -0.05) is 29.8 Å². The molecule has 122 valence electrons. The number of likely N-dealkylation sites (tertiary alicyclic amines) is 1. The van der Waals surface area contributed by atoms with Crippen LogP contribution in [0.3, 0.4) is 0 Å². The monoisotopic (exact) mass is 312 g/mol. The molecular formula is C18H24N4O. The summed E-state index contributed by atoms with van der Waals surface area (Å²) in [6.45, 7) is 4.67. The number of rotatable bonds is 4. The molecule has 1 aromatic carbocycles. The van der Waals surface area contributed by atoms with Crippen molar-refractivity contribution in [2.24, 2.45) is 5.92 Å². The van der Waals surface area contributed by atoms with Crippen LogP contribution in [0.1, 0.15) is 28.9 Å². The van der Waals surface area contributed by atoms with Gasteiger partial charge in [-0.05, 0) is 45.3 Å². The summed E-state index contributed by atoms with van der Waals surface area (Å²) in [4.78, 5) is 14.6. The summed E-state index contributed by atoms with van der Waals surface area (Å²) >= 11 is 0. The van der Waals surface area contributed by atoms with Crippen LogP contribution in [0.4, 0.5) is 0 Å². The zero-order chi connectivity index (χ0) is 16.2. The number of aromatic nitrogens is 2. The second kappa shape index (κ2) is 6.96. The molecule has 1 fully saturated rings. The van der Waals surface area contributed by atoms with Gasteiger partial charge in [0, 0.05) is 18.7 Å². The molecule has 0 radical (unpaired) electrons. The van der Waals surface area contributed by atoms with Crippen molar-refractivity contribution in [1.29, 1.82) is 0 Å². The quantitative estimate of drug-likeness (QED) is 0.911. The summed E-state index contributed by atoms with van der Waals surface area (Å²) in [7, 11) is 1.96. The van der Waals surface area contributed by atoms with E-state index in [1.54, 1.807) is 0 Å². The number of benzene rings is 1. The molecule has 0 bridgehead atoms. The third-order valence-electron chi connectivity index (χ3n) is 4.45. The topological polar surface area (TPSA) is 61.0 Å². The molecule has 0 aliphatic carbocycles. The summed E-state index contributed by atoms with van der Waals surface area (Å²) in [6, 6.07) is 10.0. The van der Waals surface area contributed by atoms with E-state index in [1.165, 1.54) is 12.0 Å². The first-order chi connectivity index (χ1) is 11.2. The Morgan fingerprint density at radius 3 is 2.91 bits per heavy atom. The Bertz CT molecular complexity index is 660. The highest BCUT2D eigenvalue weighted by molar-refractivity contribution is 5.93. The van der Waals surface area contributed by atoms with Gasteiger partial charge in [0.1, 0.15) is 5.69 Å². The number of nitrogens with zero attached hydrogens (tertiary/aromatic N) is 2. The highest BCUT2D eigenvalue weighted by atomic mass is 16.2. The van der Waals surface area contributed by atoms with E-state index in [2.05, 4.69) is 34.6 Å². The van der Waals surface area contributed by atoms with Crippen LogP contribution in [-0.2, 0) is 0 Å². The number of nitrogens with one attached hydrogen (secondary N) is 2. The second-order valence-corrected chi connectivity index (χ2v) is 6.35. The molecule has 5 nitrogen and oxygen atoms in total. The Morgan fingerprint density at radius 1 is 1.39 bits per heavy atom. The average molecular weight is 312 g/mol. The highest BCUT2D eigenvalue weighted by Gasteiger charge is 2.25. The SMILES string of the molecule is CNCC1CCCN(C(=O)c2cc(-c3ccc(C)cc3)n[nH]2)C1. The number of hydrogen-bond donors (Lipinski definition) is 2. The first-order valence-corrected chi connectivity index (χ1v) is 8.23. The molecule has 0 spiro atoms. The maximum atomic E-state index is 12.7. The molecule has 1 unspecified atom stereocenters. The van der Waals surface area contributed by atoms with Crippen LogP contribution in [0.15, 0.2) is 30.3 Å². The first-order valence-electron chi connectivity index (χ1n) is 8.23. The van der Waals surface area contributed by atoms with Crippen molar-refractivity contribution in [1.82, 2.24) is 20.4 Å². The van der Waals surface area contributed by atoms with Gasteiger partial charge in [-0.2, -0.15) is 5.10 Å². The van der Waals surface area contributed by atoms with Crippen molar-refractivity contribution in [3.63, 3.8) is 0 Å². The fraction of sp³-hybridized carbons (Fsp3) is 0.444. The maximum absolute atomic E-state index is 12.7. The lowest BCUT2D eigenvalue weighted by molar-refractivity contribution is 0.0668. The second-order valence-electron chi connectivity index (χ2n) is 6.35. The number of aryl methyl sites for hydroxylation is 1. The van der Waals surface area contributed by atoms with Crippen molar-refractivity contribution in [2.45, 2.75) is 19.8 Å². The fourth-order valence-electron chi connectivity index (χ4n) is 3.18. The summed E-state index contributed by atoms with van der Waals surface area (Å²) in [5, 5.41) is 10.4. The molecule has 0 saturated carbocycles. The van der Waals surface area contributed by atoms with E-state index in [9.17, 15) is 4.79 Å². The zero-order valence-corrected chi connectivity index (χ0v) is 13.8. The molecule has 3 rings (SSSR count). The van der Waals surface area contributed by atoms with E-state index in [1.807, 2.05) is 30.1 Å². The molecule has 2 heterocycles. The molecule has 1 atom stereocenters. The molecule has 2 aromatic rings. The summed E-state index contributed by atoms with van der Waals surface area (Å²) in [5.74, 6) is 0.592. The molecule has 1 saturated heterocycles. The fourth-order valence-corrected chi connectivity index (χ4v) is 3.18. The number of piperidine rings is 1. The first kappa shape index (κ1) is 15.7. The maximum Gasteiger partial charge on any atom is 0.271 e. The third kappa shape index (κ3) is 3.62. The predicted octanol–water partition coefficient (Wildman–Crippen LogP) is 2.46. The van der Waals surface area contributed by atoms with Gasteiger partial charge < -0.3 is 10.2 Å². The minimum absolute atomic E-state index is 0.0525. The van der Waals surface area contributed by atoms with E-state index in [0.717, 1.165) is 37.3 Å². The molecule has 1 aliphatic rings. The molecule has 1 aromatic heterocycles. The number of carbonyl (C=O) groups excluding carboxylic acids is 1. The van der Waals surface area contributed by atoms with Gasteiger partial charge in [0.2, 0.25) is 0 Å². The minimum Gasteiger partial charge on any atom is -0.337 e. The standard InChI is InChI=1S/C18H24N4O/c1-13-5-7-15(8-6-13)16-10-17(21-20-16)18(23)22-9-3-4-14(12-22)11-19-2/h5-8,10,14,19H,3-4,9,11-12H2,1-2H3,(H,20,21). The van der Waals surface area contributed by atoms with Crippen molar-refractivity contribution in [2.75, 3.05) is 26.7 Å². The van der Waals surface area contributed by atoms with E-state index in [0.29, 0.717) is 11.6 Å². The Balaban J connectivity index is 1.72. The molecule has 2 N–H and O–H groups in total. The Hall–Kier alpha value is -2.14. The van der Waals surface area contributed by atoms with Crippen LogP contribution in [0.25, 0.3) is 11.3 Å². The van der Waals surface area contributed by atoms with Crippen molar-refractivity contribution >= 4 is 5.91 Å². The van der Waals surface area contributed by atoms with Crippen LogP contribution < -0.4 is 5.32 Å². The van der Waals surface area contributed by atoms with Gasteiger partial charge in [0.05, 0.1) is 5.69 Å². The average Bonchev–Trinajstić information content (AvgIpc) is 3.05. The number of hydrogen-bond acceptors (Lipinski definition) is 3. The van der Waals surface area contributed by atoms with Crippen LogP contribution in [-0.4, -0.2) is 47.7 Å². The third-order valence-corrected chi connectivity index (χ3v) is 4.45. The largest absolute Gasteiger partial charge is 0.337 e. The van der Waals surface area contributed by atoms with Gasteiger partial charge >= 0.3 is 0 Å². The zero-order valence-electron chi connectivity index (χ0n) is 13.8. The van der Waals surface area contributed by atoms with E-state index in [-0.39, 0.29) is 5.91 Å². The van der Waals surface area contributed by atoms with E-state index < -0.39 is 0 Å². The number of H-pyrrole nitrogens is 1. The number of amides is 1. The lowest BCUT2D eigenvalue weighted by Crippen LogP contribution is -2.42. The normalized spacial score (nSPS) is 18.2. The predicted molar refractivity (Wildman–Crippen MR) is 91.3 cm³/mol. The Kier molecular flexibility index (Phi) is 4.76. The summed E-state index contributed by atoms with van der Waals surface area (Å²) in [5.41, 5.74) is 3.63. The van der Waals surface area contributed by atoms with Crippen molar-refractivity contribution < 1.29 is 4.79 Å². The Labute approximate surface area is 137 Å². The lowest BCUT2D eigenvalue weighted by atomic mass is 9.98. The number of aromatic amines is 1. The lowest BCUT2D eigenvalue weighted by Gasteiger charge is -2.32. The van der Waals surface area contributed by atoms with Crippen molar-refractivity contribution in [3.8, 4) is 11.3 Å². The Morgan fingerprint density at radius 2 is 2.17 bits per heavy atom. The van der Waals surface area contributed by atoms with Crippen LogP contribution in [0.5, 0.6) is 0 Å². The molecule has 5 heteroatoms. The molecule has 1 aliphatic heterocycles. The van der Waals surface area contributed by atoms with E-state index in [4.69, 9.17) is 0 Å². The van der Waals surface area contributed by atoms with Gasteiger partial charge in [-0.15, -0.1) is 0 Å². The smallest absolute Gasteiger partial charge is 0.271 e. The molecule has 1 amide bonds. The molecular weight excluding hydrogens is 288 g/mol. The molecule has 23 heavy (non-hydrogen) atoms. The van der Waals surface area contributed by atoms with Crippen LogP contribution >= 0.6 is 0 Å². The number of carbonyl (C=O) groups is 1. The highest BCUT2D eigenvalue weighted by Crippen LogP contribution is 2.21.